The van der Waals surface area contributed by atoms with E-state index in [2.05, 4.69) is 45.5 Å². The highest BCUT2D eigenvalue weighted by Crippen LogP contribution is 2.46. The molecule has 0 radical (unpaired) electrons. The number of carbonyl (C=O) groups is 1. The largest absolute Gasteiger partial charge is 0.356 e. The average Bonchev–Trinajstić information content (AvgIpc) is 3.32. The third-order valence-electron chi connectivity index (χ3n) is 4.35. The minimum Gasteiger partial charge on any atom is -0.356 e. The van der Waals surface area contributed by atoms with Gasteiger partial charge in [0, 0.05) is 17.4 Å². The van der Waals surface area contributed by atoms with Gasteiger partial charge in [-0.15, -0.1) is 0 Å². The summed E-state index contributed by atoms with van der Waals surface area (Å²) in [7, 11) is 0. The zero-order valence-electron chi connectivity index (χ0n) is 12.8. The van der Waals surface area contributed by atoms with Crippen LogP contribution in [0.25, 0.3) is 0 Å². The number of hydrogen-bond acceptors (Lipinski definition) is 1. The Morgan fingerprint density at radius 2 is 2.00 bits per heavy atom. The lowest BCUT2D eigenvalue weighted by atomic mass is 10.1. The van der Waals surface area contributed by atoms with Gasteiger partial charge in [0.15, 0.2) is 0 Å². The molecule has 1 saturated carbocycles. The molecule has 1 aliphatic carbocycles. The first-order valence-electron chi connectivity index (χ1n) is 7.89. The highest BCUT2D eigenvalue weighted by Gasteiger charge is 2.37. The molecule has 4 heteroatoms. The summed E-state index contributed by atoms with van der Waals surface area (Å²) in [6, 6.07) is 15.4. The fourth-order valence-electron chi connectivity index (χ4n) is 2.89. The predicted molar refractivity (Wildman–Crippen MR) is 92.7 cm³/mol. The van der Waals surface area contributed by atoms with Crippen molar-refractivity contribution in [1.29, 1.82) is 0 Å². The highest BCUT2D eigenvalue weighted by molar-refractivity contribution is 9.10. The van der Waals surface area contributed by atoms with E-state index in [0.717, 1.165) is 6.42 Å². The van der Waals surface area contributed by atoms with Crippen molar-refractivity contribution >= 4 is 21.8 Å². The third-order valence-corrected chi connectivity index (χ3v) is 4.84. The number of halogens is 2. The molecule has 1 amide bonds. The van der Waals surface area contributed by atoms with E-state index in [9.17, 15) is 9.18 Å². The van der Waals surface area contributed by atoms with Crippen LogP contribution in [0.1, 0.15) is 29.9 Å². The van der Waals surface area contributed by atoms with Crippen molar-refractivity contribution in [3.8, 4) is 0 Å². The molecule has 1 N–H and O–H groups in total. The first-order valence-corrected chi connectivity index (χ1v) is 8.68. The molecule has 0 bridgehead atoms. The smallest absolute Gasteiger partial charge is 0.220 e. The molecule has 2 aromatic carbocycles. The topological polar surface area (TPSA) is 29.1 Å². The van der Waals surface area contributed by atoms with Crippen LogP contribution in [0.3, 0.4) is 0 Å². The Balaban J connectivity index is 1.41. The lowest BCUT2D eigenvalue weighted by Gasteiger charge is -2.06. The van der Waals surface area contributed by atoms with Crippen LogP contribution in [-0.2, 0) is 11.2 Å². The maximum absolute atomic E-state index is 13.7. The van der Waals surface area contributed by atoms with E-state index in [-0.39, 0.29) is 11.7 Å². The molecule has 1 aliphatic rings. The molecule has 0 saturated heterocycles. The van der Waals surface area contributed by atoms with Crippen LogP contribution >= 0.6 is 15.9 Å². The third kappa shape index (κ3) is 4.41. The SMILES string of the molecule is O=C(CCc1ccc(Br)cc1F)NCC1CC1c1ccccc1. The van der Waals surface area contributed by atoms with Gasteiger partial charge in [0.25, 0.3) is 0 Å². The molecule has 1 fully saturated rings. The number of hydrogen-bond donors (Lipinski definition) is 1. The first-order chi connectivity index (χ1) is 11.1. The Hall–Kier alpha value is -1.68. The van der Waals surface area contributed by atoms with Gasteiger partial charge in [-0.05, 0) is 47.9 Å². The molecule has 23 heavy (non-hydrogen) atoms. The van der Waals surface area contributed by atoms with E-state index >= 15 is 0 Å². The Kier molecular flexibility index (Phi) is 5.11. The summed E-state index contributed by atoms with van der Waals surface area (Å²) < 4.78 is 14.4. The van der Waals surface area contributed by atoms with Gasteiger partial charge < -0.3 is 5.32 Å². The summed E-state index contributed by atoms with van der Waals surface area (Å²) in [5.74, 6) is 0.829. The second-order valence-corrected chi connectivity index (χ2v) is 6.97. The van der Waals surface area contributed by atoms with Crippen molar-refractivity contribution in [2.24, 2.45) is 5.92 Å². The molecule has 2 atom stereocenters. The Morgan fingerprint density at radius 1 is 1.22 bits per heavy atom. The number of carbonyl (C=O) groups excluding carboxylic acids is 1. The Labute approximate surface area is 144 Å². The molecule has 120 valence electrons. The minimum atomic E-state index is -0.265. The van der Waals surface area contributed by atoms with Crippen molar-refractivity contribution in [1.82, 2.24) is 5.32 Å². The van der Waals surface area contributed by atoms with Crippen LogP contribution in [0, 0.1) is 11.7 Å². The van der Waals surface area contributed by atoms with Crippen LogP contribution in [0.15, 0.2) is 53.0 Å². The summed E-state index contributed by atoms with van der Waals surface area (Å²) in [5, 5.41) is 2.97. The van der Waals surface area contributed by atoms with Crippen LogP contribution in [0.4, 0.5) is 4.39 Å². The summed E-state index contributed by atoms with van der Waals surface area (Å²) in [5.41, 5.74) is 1.93. The molecule has 2 unspecified atom stereocenters. The molecular weight excluding hydrogens is 357 g/mol. The molecule has 0 aliphatic heterocycles. The van der Waals surface area contributed by atoms with E-state index in [4.69, 9.17) is 0 Å². The van der Waals surface area contributed by atoms with Gasteiger partial charge in [-0.2, -0.15) is 0 Å². The van der Waals surface area contributed by atoms with Crippen molar-refractivity contribution in [2.45, 2.75) is 25.2 Å². The van der Waals surface area contributed by atoms with Crippen molar-refractivity contribution < 1.29 is 9.18 Å². The standard InChI is InChI=1S/C19H19BrFNO/c20-16-8-6-14(18(21)11-16)7-9-19(23)22-12-15-10-17(15)13-4-2-1-3-5-13/h1-6,8,11,15,17H,7,9-10,12H2,(H,22,23). The lowest BCUT2D eigenvalue weighted by Crippen LogP contribution is -2.26. The van der Waals surface area contributed by atoms with Gasteiger partial charge in [0.2, 0.25) is 5.91 Å². The van der Waals surface area contributed by atoms with Crippen molar-refractivity contribution in [3.63, 3.8) is 0 Å². The van der Waals surface area contributed by atoms with E-state index in [0.29, 0.717) is 41.3 Å². The summed E-state index contributed by atoms with van der Waals surface area (Å²) in [4.78, 5) is 11.9. The second kappa shape index (κ2) is 7.26. The molecule has 2 nitrogen and oxygen atoms in total. The fraction of sp³-hybridized carbons (Fsp3) is 0.316. The second-order valence-electron chi connectivity index (χ2n) is 6.05. The van der Waals surface area contributed by atoms with E-state index in [1.807, 2.05) is 6.07 Å². The van der Waals surface area contributed by atoms with Crippen LogP contribution in [0.5, 0.6) is 0 Å². The van der Waals surface area contributed by atoms with Gasteiger partial charge >= 0.3 is 0 Å². The fourth-order valence-corrected chi connectivity index (χ4v) is 3.22. The van der Waals surface area contributed by atoms with Gasteiger partial charge in [0.1, 0.15) is 5.82 Å². The van der Waals surface area contributed by atoms with Crippen molar-refractivity contribution in [3.05, 3.63) is 69.9 Å². The van der Waals surface area contributed by atoms with E-state index in [1.165, 1.54) is 11.6 Å². The van der Waals surface area contributed by atoms with Crippen molar-refractivity contribution in [2.75, 3.05) is 6.54 Å². The summed E-state index contributed by atoms with van der Waals surface area (Å²) in [6.07, 6.45) is 1.88. The number of rotatable bonds is 6. The average molecular weight is 376 g/mol. The summed E-state index contributed by atoms with van der Waals surface area (Å²) >= 11 is 3.23. The van der Waals surface area contributed by atoms with Gasteiger partial charge in [-0.3, -0.25) is 4.79 Å². The maximum Gasteiger partial charge on any atom is 0.220 e. The number of benzene rings is 2. The highest BCUT2D eigenvalue weighted by atomic mass is 79.9. The normalized spacial score (nSPS) is 19.4. The maximum atomic E-state index is 13.7. The molecule has 0 heterocycles. The van der Waals surface area contributed by atoms with E-state index < -0.39 is 0 Å². The number of aryl methyl sites for hydroxylation is 1. The van der Waals surface area contributed by atoms with Gasteiger partial charge in [-0.1, -0.05) is 52.3 Å². The van der Waals surface area contributed by atoms with Gasteiger partial charge in [-0.25, -0.2) is 4.39 Å². The van der Waals surface area contributed by atoms with Crippen LogP contribution < -0.4 is 5.32 Å². The quantitative estimate of drug-likeness (QED) is 0.794. The molecule has 0 spiro atoms. The zero-order chi connectivity index (χ0) is 16.2. The molecule has 2 aromatic rings. The van der Waals surface area contributed by atoms with Gasteiger partial charge in [0.05, 0.1) is 0 Å². The summed E-state index contributed by atoms with van der Waals surface area (Å²) in [6.45, 7) is 0.710. The Bertz CT molecular complexity index is 689. The minimum absolute atomic E-state index is 0.00831. The monoisotopic (exact) mass is 375 g/mol. The van der Waals surface area contributed by atoms with Crippen LogP contribution in [-0.4, -0.2) is 12.5 Å². The molecule has 3 rings (SSSR count). The Morgan fingerprint density at radius 3 is 2.74 bits per heavy atom. The zero-order valence-corrected chi connectivity index (χ0v) is 14.4. The van der Waals surface area contributed by atoms with Crippen LogP contribution in [0.2, 0.25) is 0 Å². The lowest BCUT2D eigenvalue weighted by molar-refractivity contribution is -0.121. The predicted octanol–water partition coefficient (Wildman–Crippen LogP) is 4.44. The number of nitrogens with one attached hydrogen (secondary N) is 1. The molecular formula is C19H19BrFNO. The molecule has 0 aromatic heterocycles. The first kappa shape index (κ1) is 16.2. The van der Waals surface area contributed by atoms with E-state index in [1.54, 1.807) is 12.1 Å². The number of amides is 1.